The largest absolute Gasteiger partial charge is 0.355 e. The lowest BCUT2D eigenvalue weighted by atomic mass is 10.1. The Labute approximate surface area is 164 Å². The van der Waals surface area contributed by atoms with Gasteiger partial charge in [0.2, 0.25) is 5.95 Å². The molecular weight excluding hydrogens is 348 g/mol. The van der Waals surface area contributed by atoms with Gasteiger partial charge in [-0.3, -0.25) is 10.1 Å². The number of fused-ring (bicyclic) bond motifs is 1. The van der Waals surface area contributed by atoms with Crippen LogP contribution in [0.3, 0.4) is 0 Å². The van der Waals surface area contributed by atoms with Crippen molar-refractivity contribution in [3.63, 3.8) is 0 Å². The van der Waals surface area contributed by atoms with Crippen LogP contribution in [0.2, 0.25) is 0 Å². The van der Waals surface area contributed by atoms with Crippen molar-refractivity contribution < 1.29 is 4.79 Å². The highest BCUT2D eigenvalue weighted by Crippen LogP contribution is 2.24. The van der Waals surface area contributed by atoms with Gasteiger partial charge in [0.15, 0.2) is 0 Å². The third kappa shape index (κ3) is 3.60. The molecule has 5 nitrogen and oxygen atoms in total. The minimum Gasteiger partial charge on any atom is -0.355 e. The van der Waals surface area contributed by atoms with Gasteiger partial charge in [-0.2, -0.15) is 0 Å². The smallest absolute Gasteiger partial charge is 0.260 e. The van der Waals surface area contributed by atoms with E-state index in [9.17, 15) is 4.79 Å². The molecule has 0 atom stereocenters. The fourth-order valence-corrected chi connectivity index (χ4v) is 3.26. The zero-order valence-corrected chi connectivity index (χ0v) is 15.7. The summed E-state index contributed by atoms with van der Waals surface area (Å²) in [6.45, 7) is 2.90. The number of hydrogen-bond acceptors (Lipinski definition) is 3. The normalized spacial score (nSPS) is 10.8. The van der Waals surface area contributed by atoms with E-state index in [-0.39, 0.29) is 5.91 Å². The summed E-state index contributed by atoms with van der Waals surface area (Å²) < 4.78 is 2.06. The van der Waals surface area contributed by atoms with Gasteiger partial charge in [-0.05, 0) is 42.8 Å². The number of anilines is 3. The molecule has 1 heterocycles. The third-order valence-corrected chi connectivity index (χ3v) is 4.55. The topological polar surface area (TPSA) is 59.0 Å². The van der Waals surface area contributed by atoms with Gasteiger partial charge >= 0.3 is 0 Å². The van der Waals surface area contributed by atoms with Crippen LogP contribution in [0.5, 0.6) is 0 Å². The predicted octanol–water partition coefficient (Wildman–Crippen LogP) is 5.44. The number of amides is 1. The molecule has 1 aromatic heterocycles. The maximum absolute atomic E-state index is 13.1. The zero-order valence-electron chi connectivity index (χ0n) is 15.7. The minimum atomic E-state index is -0.188. The Morgan fingerprint density at radius 1 is 0.929 bits per heavy atom. The molecule has 3 aromatic carbocycles. The van der Waals surface area contributed by atoms with E-state index < -0.39 is 0 Å². The molecule has 4 rings (SSSR count). The second kappa shape index (κ2) is 7.96. The Bertz CT molecular complexity index is 1100. The summed E-state index contributed by atoms with van der Waals surface area (Å²) in [6, 6.07) is 25.2. The molecule has 1 amide bonds. The second-order valence-corrected chi connectivity index (χ2v) is 6.57. The quantitative estimate of drug-likeness (QED) is 0.475. The van der Waals surface area contributed by atoms with Crippen LogP contribution in [0.25, 0.3) is 11.0 Å². The van der Waals surface area contributed by atoms with Crippen LogP contribution < -0.4 is 10.6 Å². The van der Waals surface area contributed by atoms with Crippen LogP contribution in [0.4, 0.5) is 17.3 Å². The van der Waals surface area contributed by atoms with E-state index in [0.29, 0.717) is 11.5 Å². The Kier molecular flexibility index (Phi) is 5.06. The molecule has 0 spiro atoms. The first-order valence-electron chi connectivity index (χ1n) is 9.44. The fraction of sp³-hybridized carbons (Fsp3) is 0.130. The molecular formula is C23H22N4O. The lowest BCUT2D eigenvalue weighted by Gasteiger charge is -2.13. The van der Waals surface area contributed by atoms with E-state index in [0.717, 1.165) is 35.4 Å². The van der Waals surface area contributed by atoms with Crippen LogP contribution in [-0.4, -0.2) is 15.5 Å². The average molecular weight is 370 g/mol. The standard InChI is InChI=1S/C23H22N4O/c1-2-16-27-21-15-9-8-14-20(21)25-23(27)26-22(28)18-12-6-7-13-19(18)24-17-10-4-3-5-11-17/h3-15,24H,2,16H2,1H3,(H,25,26,28). The molecule has 0 aliphatic rings. The molecule has 0 unspecified atom stereocenters. The summed E-state index contributed by atoms with van der Waals surface area (Å²) >= 11 is 0. The molecule has 0 bridgehead atoms. The molecule has 0 aliphatic heterocycles. The summed E-state index contributed by atoms with van der Waals surface area (Å²) in [6.07, 6.45) is 0.954. The van der Waals surface area contributed by atoms with Crippen LogP contribution in [0, 0.1) is 0 Å². The van der Waals surface area contributed by atoms with E-state index >= 15 is 0 Å². The number of para-hydroxylation sites is 4. The highest BCUT2D eigenvalue weighted by Gasteiger charge is 2.16. The van der Waals surface area contributed by atoms with Crippen LogP contribution in [0.15, 0.2) is 78.9 Å². The van der Waals surface area contributed by atoms with Crippen molar-refractivity contribution >= 4 is 34.3 Å². The summed E-state index contributed by atoms with van der Waals surface area (Å²) in [7, 11) is 0. The van der Waals surface area contributed by atoms with E-state index in [1.165, 1.54) is 0 Å². The van der Waals surface area contributed by atoms with E-state index in [4.69, 9.17) is 0 Å². The van der Waals surface area contributed by atoms with Crippen molar-refractivity contribution in [3.8, 4) is 0 Å². The maximum Gasteiger partial charge on any atom is 0.260 e. The zero-order chi connectivity index (χ0) is 19.3. The Balaban J connectivity index is 1.65. The number of carbonyl (C=O) groups is 1. The molecule has 28 heavy (non-hydrogen) atoms. The van der Waals surface area contributed by atoms with Crippen molar-refractivity contribution in [2.24, 2.45) is 0 Å². The lowest BCUT2D eigenvalue weighted by molar-refractivity contribution is 0.102. The van der Waals surface area contributed by atoms with Crippen molar-refractivity contribution in [1.29, 1.82) is 0 Å². The van der Waals surface area contributed by atoms with Crippen molar-refractivity contribution in [1.82, 2.24) is 9.55 Å². The number of rotatable bonds is 6. The SMILES string of the molecule is CCCn1c(NC(=O)c2ccccc2Nc2ccccc2)nc2ccccc21. The van der Waals surface area contributed by atoms with Gasteiger partial charge in [0.05, 0.1) is 22.3 Å². The second-order valence-electron chi connectivity index (χ2n) is 6.57. The number of aryl methyl sites for hydroxylation is 1. The van der Waals surface area contributed by atoms with Crippen molar-refractivity contribution in [3.05, 3.63) is 84.4 Å². The first kappa shape index (κ1) is 17.8. The molecule has 0 saturated heterocycles. The van der Waals surface area contributed by atoms with Gasteiger partial charge in [-0.15, -0.1) is 0 Å². The lowest BCUT2D eigenvalue weighted by Crippen LogP contribution is -2.17. The van der Waals surface area contributed by atoms with Crippen LogP contribution in [-0.2, 0) is 6.54 Å². The highest BCUT2D eigenvalue weighted by atomic mass is 16.1. The van der Waals surface area contributed by atoms with Gasteiger partial charge in [0, 0.05) is 12.2 Å². The first-order chi connectivity index (χ1) is 13.8. The van der Waals surface area contributed by atoms with Crippen molar-refractivity contribution in [2.45, 2.75) is 19.9 Å². The molecule has 4 aromatic rings. The molecule has 5 heteroatoms. The highest BCUT2D eigenvalue weighted by molar-refractivity contribution is 6.08. The number of nitrogens with one attached hydrogen (secondary N) is 2. The van der Waals surface area contributed by atoms with Crippen LogP contribution >= 0.6 is 0 Å². The average Bonchev–Trinajstić information content (AvgIpc) is 3.06. The summed E-state index contributed by atoms with van der Waals surface area (Å²) in [5.41, 5.74) is 4.16. The predicted molar refractivity (Wildman–Crippen MR) is 114 cm³/mol. The van der Waals surface area contributed by atoms with Gasteiger partial charge in [0.25, 0.3) is 5.91 Å². The maximum atomic E-state index is 13.1. The number of hydrogen-bond donors (Lipinski definition) is 2. The number of carbonyl (C=O) groups excluding carboxylic acids is 1. The first-order valence-corrected chi connectivity index (χ1v) is 9.44. The van der Waals surface area contributed by atoms with E-state index in [1.54, 1.807) is 0 Å². The van der Waals surface area contributed by atoms with Gasteiger partial charge in [-0.25, -0.2) is 4.98 Å². The molecule has 2 N–H and O–H groups in total. The summed E-state index contributed by atoms with van der Waals surface area (Å²) in [5, 5.41) is 6.32. The van der Waals surface area contributed by atoms with Crippen molar-refractivity contribution in [2.75, 3.05) is 10.6 Å². The van der Waals surface area contributed by atoms with E-state index in [1.807, 2.05) is 78.9 Å². The van der Waals surface area contributed by atoms with Crippen LogP contribution in [0.1, 0.15) is 23.7 Å². The van der Waals surface area contributed by atoms with Gasteiger partial charge in [-0.1, -0.05) is 49.4 Å². The van der Waals surface area contributed by atoms with Gasteiger partial charge in [0.1, 0.15) is 0 Å². The Morgan fingerprint density at radius 3 is 2.46 bits per heavy atom. The number of imidazole rings is 1. The van der Waals surface area contributed by atoms with Gasteiger partial charge < -0.3 is 9.88 Å². The summed E-state index contributed by atoms with van der Waals surface area (Å²) in [5.74, 6) is 0.384. The third-order valence-electron chi connectivity index (χ3n) is 4.55. The number of aromatic nitrogens is 2. The number of nitrogens with zero attached hydrogens (tertiary/aromatic N) is 2. The molecule has 0 radical (unpaired) electrons. The van der Waals surface area contributed by atoms with E-state index in [2.05, 4.69) is 27.1 Å². The molecule has 140 valence electrons. The minimum absolute atomic E-state index is 0.188. The summed E-state index contributed by atoms with van der Waals surface area (Å²) in [4.78, 5) is 17.7. The fourth-order valence-electron chi connectivity index (χ4n) is 3.26. The molecule has 0 saturated carbocycles. The molecule has 0 fully saturated rings. The molecule has 0 aliphatic carbocycles. The monoisotopic (exact) mass is 370 g/mol. The Hall–Kier alpha value is -3.60. The Morgan fingerprint density at radius 2 is 1.64 bits per heavy atom. The number of benzene rings is 3.